The number of imidazole rings is 1. The molecule has 8 heteroatoms. The van der Waals surface area contributed by atoms with E-state index in [4.69, 9.17) is 0 Å². The number of nitrogens with zero attached hydrogens (tertiary/aromatic N) is 3. The van der Waals surface area contributed by atoms with E-state index in [1.54, 1.807) is 23.6 Å². The van der Waals surface area contributed by atoms with Crippen molar-refractivity contribution in [3.8, 4) is 16.5 Å². The molecule has 1 N–H and O–H groups in total. The molecule has 1 aromatic carbocycles. The fourth-order valence-electron chi connectivity index (χ4n) is 2.50. The Kier molecular flexibility index (Phi) is 3.24. The second kappa shape index (κ2) is 5.20. The molecular weight excluding hydrogens is 337 g/mol. The molecule has 0 aliphatic rings. The van der Waals surface area contributed by atoms with Crippen molar-refractivity contribution in [1.29, 1.82) is 0 Å². The van der Waals surface area contributed by atoms with Gasteiger partial charge in [-0.15, -0.1) is 11.3 Å². The van der Waals surface area contributed by atoms with Crippen molar-refractivity contribution in [2.24, 2.45) is 0 Å². The molecule has 0 aliphatic carbocycles. The fraction of sp³-hybridized carbons (Fsp3) is 0.125. The largest absolute Gasteiger partial charge is 0.433 e. The van der Waals surface area contributed by atoms with Crippen molar-refractivity contribution in [2.45, 2.75) is 13.1 Å². The maximum atomic E-state index is 13.4. The van der Waals surface area contributed by atoms with E-state index in [1.807, 2.05) is 19.1 Å². The predicted molar refractivity (Wildman–Crippen MR) is 86.3 cm³/mol. The number of rotatable bonds is 2. The first-order chi connectivity index (χ1) is 11.4. The van der Waals surface area contributed by atoms with Crippen LogP contribution in [0.3, 0.4) is 0 Å². The Hall–Kier alpha value is -2.61. The highest BCUT2D eigenvalue weighted by Crippen LogP contribution is 2.35. The summed E-state index contributed by atoms with van der Waals surface area (Å²) in [4.78, 5) is 7.83. The number of hydrogen-bond donors (Lipinski definition) is 1. The molecule has 122 valence electrons. The van der Waals surface area contributed by atoms with Crippen molar-refractivity contribution >= 4 is 22.4 Å². The Morgan fingerprint density at radius 3 is 2.71 bits per heavy atom. The number of halogens is 3. The molecule has 4 rings (SSSR count). The standard InChI is InChI=1S/C16H11F3N4S/c1-9-4-5-10-11(7-9)21-15(20-10)23-14(16(17,18)19)8-12(22-23)13-3-2-6-24-13/h2-8H,1H3,(H,20,21). The third kappa shape index (κ3) is 2.48. The lowest BCUT2D eigenvalue weighted by Gasteiger charge is -2.07. The molecule has 0 amide bonds. The first kappa shape index (κ1) is 14.9. The van der Waals surface area contributed by atoms with E-state index >= 15 is 0 Å². The van der Waals surface area contributed by atoms with Gasteiger partial charge in [-0.3, -0.25) is 0 Å². The van der Waals surface area contributed by atoms with Gasteiger partial charge in [0.1, 0.15) is 5.69 Å². The Labute approximate surface area is 138 Å². The molecule has 0 radical (unpaired) electrons. The van der Waals surface area contributed by atoms with Crippen molar-refractivity contribution < 1.29 is 13.2 Å². The molecule has 0 saturated carbocycles. The van der Waals surface area contributed by atoms with Gasteiger partial charge in [0.15, 0.2) is 5.69 Å². The Bertz CT molecular complexity index is 1010. The summed E-state index contributed by atoms with van der Waals surface area (Å²) in [6, 6.07) is 10.0. The second-order valence-corrected chi connectivity index (χ2v) is 6.33. The zero-order chi connectivity index (χ0) is 16.9. The van der Waals surface area contributed by atoms with Gasteiger partial charge in [-0.1, -0.05) is 12.1 Å². The summed E-state index contributed by atoms with van der Waals surface area (Å²) < 4.78 is 41.1. The Balaban J connectivity index is 1.91. The summed E-state index contributed by atoms with van der Waals surface area (Å²) in [7, 11) is 0. The molecule has 4 aromatic rings. The molecule has 0 unspecified atom stereocenters. The molecule has 4 nitrogen and oxygen atoms in total. The summed E-state index contributed by atoms with van der Waals surface area (Å²) in [5.74, 6) is 0.0470. The van der Waals surface area contributed by atoms with Crippen LogP contribution in [0.5, 0.6) is 0 Å². The summed E-state index contributed by atoms with van der Waals surface area (Å²) in [5.41, 5.74) is 1.67. The van der Waals surface area contributed by atoms with Crippen LogP contribution in [0.4, 0.5) is 13.2 Å². The van der Waals surface area contributed by atoms with Gasteiger partial charge in [-0.25, -0.2) is 4.98 Å². The summed E-state index contributed by atoms with van der Waals surface area (Å²) in [5, 5.41) is 5.92. The van der Waals surface area contributed by atoms with Crippen LogP contribution in [0.25, 0.3) is 27.6 Å². The average Bonchev–Trinajstić information content (AvgIpc) is 3.23. The van der Waals surface area contributed by atoms with E-state index in [1.165, 1.54) is 11.3 Å². The van der Waals surface area contributed by atoms with Crippen LogP contribution < -0.4 is 0 Å². The van der Waals surface area contributed by atoms with E-state index < -0.39 is 11.9 Å². The van der Waals surface area contributed by atoms with Crippen LogP contribution in [0.15, 0.2) is 41.8 Å². The van der Waals surface area contributed by atoms with Crippen molar-refractivity contribution in [3.63, 3.8) is 0 Å². The number of aromatic nitrogens is 4. The number of aryl methyl sites for hydroxylation is 1. The predicted octanol–water partition coefficient (Wildman–Crippen LogP) is 4.80. The van der Waals surface area contributed by atoms with Crippen LogP contribution >= 0.6 is 11.3 Å². The molecule has 0 fully saturated rings. The van der Waals surface area contributed by atoms with Crippen molar-refractivity contribution in [2.75, 3.05) is 0 Å². The molecule has 0 bridgehead atoms. The molecular formula is C16H11F3N4S. The smallest absolute Gasteiger partial charge is 0.322 e. The first-order valence-electron chi connectivity index (χ1n) is 7.10. The maximum absolute atomic E-state index is 13.4. The lowest BCUT2D eigenvalue weighted by Crippen LogP contribution is -2.14. The van der Waals surface area contributed by atoms with Crippen molar-refractivity contribution in [3.05, 3.63) is 53.0 Å². The van der Waals surface area contributed by atoms with Gasteiger partial charge >= 0.3 is 6.18 Å². The third-order valence-electron chi connectivity index (χ3n) is 3.60. The summed E-state index contributed by atoms with van der Waals surface area (Å²) >= 11 is 1.34. The topological polar surface area (TPSA) is 46.5 Å². The first-order valence-corrected chi connectivity index (χ1v) is 7.98. The number of H-pyrrole nitrogens is 1. The zero-order valence-electron chi connectivity index (χ0n) is 12.4. The molecule has 3 aromatic heterocycles. The van der Waals surface area contributed by atoms with Gasteiger partial charge in [-0.2, -0.15) is 23.0 Å². The molecule has 0 saturated heterocycles. The molecule has 24 heavy (non-hydrogen) atoms. The lowest BCUT2D eigenvalue weighted by molar-refractivity contribution is -0.142. The van der Waals surface area contributed by atoms with Crippen LogP contribution in [0, 0.1) is 6.92 Å². The highest BCUT2D eigenvalue weighted by Gasteiger charge is 2.37. The van der Waals surface area contributed by atoms with Gasteiger partial charge in [0.25, 0.3) is 0 Å². The van der Waals surface area contributed by atoms with E-state index in [0.717, 1.165) is 16.3 Å². The third-order valence-corrected chi connectivity index (χ3v) is 4.49. The molecule has 3 heterocycles. The number of fused-ring (bicyclic) bond motifs is 1. The van der Waals surface area contributed by atoms with Crippen LogP contribution in [-0.2, 0) is 6.18 Å². The second-order valence-electron chi connectivity index (χ2n) is 5.38. The minimum absolute atomic E-state index is 0.0470. The zero-order valence-corrected chi connectivity index (χ0v) is 13.2. The minimum Gasteiger partial charge on any atom is -0.322 e. The normalized spacial score (nSPS) is 12.2. The Morgan fingerprint density at radius 2 is 2.00 bits per heavy atom. The van der Waals surface area contributed by atoms with Gasteiger partial charge < -0.3 is 4.98 Å². The maximum Gasteiger partial charge on any atom is 0.433 e. The number of aromatic amines is 1. The van der Waals surface area contributed by atoms with Crippen LogP contribution in [-0.4, -0.2) is 19.7 Å². The Morgan fingerprint density at radius 1 is 1.17 bits per heavy atom. The molecule has 0 spiro atoms. The number of hydrogen-bond acceptors (Lipinski definition) is 3. The SMILES string of the molecule is Cc1ccc2nc(-n3nc(-c4cccs4)cc3C(F)(F)F)[nH]c2c1. The van der Waals surface area contributed by atoms with Gasteiger partial charge in [0.05, 0.1) is 15.9 Å². The highest BCUT2D eigenvalue weighted by atomic mass is 32.1. The van der Waals surface area contributed by atoms with E-state index in [2.05, 4.69) is 15.1 Å². The lowest BCUT2D eigenvalue weighted by atomic mass is 10.2. The van der Waals surface area contributed by atoms with Crippen molar-refractivity contribution in [1.82, 2.24) is 19.7 Å². The fourth-order valence-corrected chi connectivity index (χ4v) is 3.18. The van der Waals surface area contributed by atoms with Crippen LogP contribution in [0.1, 0.15) is 11.3 Å². The summed E-state index contributed by atoms with van der Waals surface area (Å²) in [6.07, 6.45) is -4.53. The number of alkyl halides is 3. The highest BCUT2D eigenvalue weighted by molar-refractivity contribution is 7.13. The van der Waals surface area contributed by atoms with Gasteiger partial charge in [0, 0.05) is 0 Å². The van der Waals surface area contributed by atoms with E-state index in [-0.39, 0.29) is 11.6 Å². The van der Waals surface area contributed by atoms with Gasteiger partial charge in [-0.05, 0) is 42.1 Å². The van der Waals surface area contributed by atoms with E-state index in [0.29, 0.717) is 15.9 Å². The van der Waals surface area contributed by atoms with Gasteiger partial charge in [0.2, 0.25) is 5.95 Å². The van der Waals surface area contributed by atoms with E-state index in [9.17, 15) is 13.2 Å². The molecule has 0 atom stereocenters. The molecule has 0 aliphatic heterocycles. The average molecular weight is 348 g/mol. The summed E-state index contributed by atoms with van der Waals surface area (Å²) in [6.45, 7) is 1.91. The monoisotopic (exact) mass is 348 g/mol. The number of thiophene rings is 1. The minimum atomic E-state index is -4.53. The number of nitrogens with one attached hydrogen (secondary N) is 1. The number of benzene rings is 1. The quantitative estimate of drug-likeness (QED) is 0.565. The van der Waals surface area contributed by atoms with Crippen LogP contribution in [0.2, 0.25) is 0 Å².